The number of aromatic nitrogens is 3. The minimum atomic E-state index is -0.468. The molecule has 29 heavy (non-hydrogen) atoms. The van der Waals surface area contributed by atoms with Crippen molar-refractivity contribution in [3.05, 3.63) is 77.9 Å². The Morgan fingerprint density at radius 3 is 2.90 bits per heavy atom. The lowest BCUT2D eigenvalue weighted by molar-refractivity contribution is 0.192. The van der Waals surface area contributed by atoms with Gasteiger partial charge in [-0.3, -0.25) is 0 Å². The number of nitrogens with one attached hydrogen (secondary N) is 1. The smallest absolute Gasteiger partial charge is 0.321 e. The fraction of sp³-hybridized carbons (Fsp3) is 0.286. The summed E-state index contributed by atoms with van der Waals surface area (Å²) >= 11 is 0. The third kappa shape index (κ3) is 4.42. The van der Waals surface area contributed by atoms with Gasteiger partial charge >= 0.3 is 6.03 Å². The van der Waals surface area contributed by atoms with Crippen molar-refractivity contribution in [3.63, 3.8) is 0 Å². The van der Waals surface area contributed by atoms with Crippen LogP contribution in [0.2, 0.25) is 0 Å². The number of amides is 2. The van der Waals surface area contributed by atoms with Gasteiger partial charge in [-0.2, -0.15) is 5.10 Å². The summed E-state index contributed by atoms with van der Waals surface area (Å²) in [5, 5.41) is 7.05. The highest BCUT2D eigenvalue weighted by molar-refractivity contribution is 5.90. The Morgan fingerprint density at radius 1 is 1.21 bits per heavy atom. The minimum absolute atomic E-state index is 0.226. The number of halogens is 2. The van der Waals surface area contributed by atoms with Gasteiger partial charge in [0, 0.05) is 24.7 Å². The molecule has 0 saturated carbocycles. The van der Waals surface area contributed by atoms with Crippen LogP contribution in [0.3, 0.4) is 0 Å². The van der Waals surface area contributed by atoms with E-state index >= 15 is 0 Å². The molecule has 3 aromatic rings. The second kappa shape index (κ2) is 8.38. The molecule has 1 fully saturated rings. The summed E-state index contributed by atoms with van der Waals surface area (Å²) in [6.45, 7) is 1.40. The highest BCUT2D eigenvalue weighted by Crippen LogP contribution is 2.30. The number of para-hydroxylation sites is 1. The zero-order chi connectivity index (χ0) is 20.2. The van der Waals surface area contributed by atoms with Crippen LogP contribution in [0.15, 0.2) is 55.1 Å². The van der Waals surface area contributed by atoms with E-state index in [2.05, 4.69) is 15.4 Å². The minimum Gasteiger partial charge on any atom is -0.324 e. The first-order chi connectivity index (χ1) is 14.1. The molecule has 2 amide bonds. The number of piperidine rings is 1. The molecule has 1 saturated heterocycles. The molecule has 2 heterocycles. The SMILES string of the molecule is O=C(Nc1ccccc1Cn1cncn1)N1CCC[C@@H](c2cc(F)ccc2F)C1. The second-order valence-corrected chi connectivity index (χ2v) is 7.13. The Morgan fingerprint density at radius 2 is 2.07 bits per heavy atom. The number of anilines is 1. The summed E-state index contributed by atoms with van der Waals surface area (Å²) in [6, 6.07) is 10.7. The zero-order valence-electron chi connectivity index (χ0n) is 15.8. The van der Waals surface area contributed by atoms with Crippen LogP contribution in [-0.2, 0) is 6.54 Å². The molecule has 0 bridgehead atoms. The molecule has 8 heteroatoms. The zero-order valence-corrected chi connectivity index (χ0v) is 15.8. The Balaban J connectivity index is 1.47. The average molecular weight is 397 g/mol. The summed E-state index contributed by atoms with van der Waals surface area (Å²) in [5.74, 6) is -1.13. The fourth-order valence-corrected chi connectivity index (χ4v) is 3.71. The predicted octanol–water partition coefficient (Wildman–Crippen LogP) is 4.02. The van der Waals surface area contributed by atoms with Crippen molar-refractivity contribution in [2.75, 3.05) is 18.4 Å². The van der Waals surface area contributed by atoms with Gasteiger partial charge in [-0.15, -0.1) is 0 Å². The van der Waals surface area contributed by atoms with Crippen molar-refractivity contribution < 1.29 is 13.6 Å². The summed E-state index contributed by atoms with van der Waals surface area (Å²) < 4.78 is 29.4. The van der Waals surface area contributed by atoms with E-state index in [1.165, 1.54) is 12.4 Å². The number of carbonyl (C=O) groups is 1. The first-order valence-electron chi connectivity index (χ1n) is 9.51. The van der Waals surface area contributed by atoms with E-state index in [-0.39, 0.29) is 11.9 Å². The molecule has 6 nitrogen and oxygen atoms in total. The van der Waals surface area contributed by atoms with Crippen LogP contribution < -0.4 is 5.32 Å². The first kappa shape index (κ1) is 19.0. The highest BCUT2D eigenvalue weighted by Gasteiger charge is 2.27. The van der Waals surface area contributed by atoms with Crippen LogP contribution in [-0.4, -0.2) is 38.8 Å². The van der Waals surface area contributed by atoms with E-state index in [4.69, 9.17) is 0 Å². The van der Waals surface area contributed by atoms with Crippen LogP contribution in [0.5, 0.6) is 0 Å². The van der Waals surface area contributed by atoms with Gasteiger partial charge in [0.1, 0.15) is 24.3 Å². The van der Waals surface area contributed by atoms with Gasteiger partial charge in [0.05, 0.1) is 6.54 Å². The lowest BCUT2D eigenvalue weighted by Gasteiger charge is -2.33. The molecule has 2 aromatic carbocycles. The average Bonchev–Trinajstić information content (AvgIpc) is 3.24. The fourth-order valence-electron chi connectivity index (χ4n) is 3.71. The maximum absolute atomic E-state index is 14.2. The Labute approximate surface area is 167 Å². The number of likely N-dealkylation sites (tertiary alicyclic amines) is 1. The Hall–Kier alpha value is -3.29. The summed E-state index contributed by atoms with van der Waals surface area (Å²) in [4.78, 5) is 18.5. The van der Waals surface area contributed by atoms with E-state index in [0.717, 1.165) is 24.1 Å². The van der Waals surface area contributed by atoms with Gasteiger partial charge in [-0.1, -0.05) is 18.2 Å². The monoisotopic (exact) mass is 397 g/mol. The second-order valence-electron chi connectivity index (χ2n) is 7.13. The number of urea groups is 1. The number of nitrogens with zero attached hydrogens (tertiary/aromatic N) is 4. The molecule has 4 rings (SSSR count). The van der Waals surface area contributed by atoms with Gasteiger partial charge in [0.25, 0.3) is 0 Å². The number of hydrogen-bond acceptors (Lipinski definition) is 3. The first-order valence-corrected chi connectivity index (χ1v) is 9.51. The van der Waals surface area contributed by atoms with Gasteiger partial charge in [0.15, 0.2) is 0 Å². The van der Waals surface area contributed by atoms with E-state index in [1.807, 2.05) is 24.3 Å². The third-order valence-corrected chi connectivity index (χ3v) is 5.16. The standard InChI is InChI=1S/C21H21F2N5O/c22-17-7-8-19(23)18(10-17)15-5-3-9-27(11-15)21(29)26-20-6-2-1-4-16(20)12-28-14-24-13-25-28/h1-2,4,6-8,10,13-15H,3,5,9,11-12H2,(H,26,29)/t15-/m1/s1. The van der Waals surface area contributed by atoms with Crippen molar-refractivity contribution in [2.24, 2.45) is 0 Å². The van der Waals surface area contributed by atoms with Crippen molar-refractivity contribution >= 4 is 11.7 Å². The number of benzene rings is 2. The lowest BCUT2D eigenvalue weighted by atomic mass is 9.90. The van der Waals surface area contributed by atoms with Crippen molar-refractivity contribution in [1.82, 2.24) is 19.7 Å². The number of carbonyl (C=O) groups excluding carboxylic acids is 1. The maximum atomic E-state index is 14.2. The molecule has 1 aromatic heterocycles. The molecule has 0 radical (unpaired) electrons. The molecular weight excluding hydrogens is 376 g/mol. The molecule has 0 spiro atoms. The molecule has 0 unspecified atom stereocenters. The van der Waals surface area contributed by atoms with Gasteiger partial charge in [-0.05, 0) is 48.2 Å². The van der Waals surface area contributed by atoms with Crippen molar-refractivity contribution in [3.8, 4) is 0 Å². The molecule has 1 aliphatic heterocycles. The number of rotatable bonds is 4. The lowest BCUT2D eigenvalue weighted by Crippen LogP contribution is -2.42. The molecule has 1 atom stereocenters. The maximum Gasteiger partial charge on any atom is 0.321 e. The van der Waals surface area contributed by atoms with Crippen LogP contribution in [0.1, 0.15) is 29.9 Å². The molecule has 150 valence electrons. The summed E-state index contributed by atoms with van der Waals surface area (Å²) in [6.07, 6.45) is 4.52. The van der Waals surface area contributed by atoms with Gasteiger partial charge in [0.2, 0.25) is 0 Å². The summed E-state index contributed by atoms with van der Waals surface area (Å²) in [7, 11) is 0. The molecular formula is C21H21F2N5O. The van der Waals surface area contributed by atoms with E-state index < -0.39 is 11.6 Å². The normalized spacial score (nSPS) is 16.6. The van der Waals surface area contributed by atoms with Gasteiger partial charge in [-0.25, -0.2) is 23.2 Å². The van der Waals surface area contributed by atoms with Crippen LogP contribution in [0.25, 0.3) is 0 Å². The molecule has 1 N–H and O–H groups in total. The van der Waals surface area contributed by atoms with E-state index in [9.17, 15) is 13.6 Å². The largest absolute Gasteiger partial charge is 0.324 e. The van der Waals surface area contributed by atoms with Crippen molar-refractivity contribution in [2.45, 2.75) is 25.3 Å². The third-order valence-electron chi connectivity index (χ3n) is 5.16. The molecule has 1 aliphatic rings. The molecule has 0 aliphatic carbocycles. The quantitative estimate of drug-likeness (QED) is 0.723. The van der Waals surface area contributed by atoms with E-state index in [1.54, 1.807) is 15.9 Å². The van der Waals surface area contributed by atoms with Crippen LogP contribution >= 0.6 is 0 Å². The Bertz CT molecular complexity index is 992. The Kier molecular flexibility index (Phi) is 5.50. The number of hydrogen-bond donors (Lipinski definition) is 1. The van der Waals surface area contributed by atoms with Crippen LogP contribution in [0, 0.1) is 11.6 Å². The van der Waals surface area contributed by atoms with Gasteiger partial charge < -0.3 is 10.2 Å². The van der Waals surface area contributed by atoms with Crippen LogP contribution in [0.4, 0.5) is 19.3 Å². The summed E-state index contributed by atoms with van der Waals surface area (Å²) in [5.41, 5.74) is 1.91. The van der Waals surface area contributed by atoms with E-state index in [0.29, 0.717) is 37.3 Å². The topological polar surface area (TPSA) is 63.1 Å². The highest BCUT2D eigenvalue weighted by atomic mass is 19.1. The predicted molar refractivity (Wildman–Crippen MR) is 104 cm³/mol. The van der Waals surface area contributed by atoms with Crippen molar-refractivity contribution in [1.29, 1.82) is 0 Å².